The molecule has 1 aromatic heterocycles. The Morgan fingerprint density at radius 1 is 1.00 bits per heavy atom. The largest absolute Gasteiger partial charge is 0.300 e. The second kappa shape index (κ2) is 6.36. The Bertz CT molecular complexity index is 1000. The van der Waals surface area contributed by atoms with Gasteiger partial charge in [-0.2, -0.15) is 0 Å². The second-order valence-electron chi connectivity index (χ2n) is 6.16. The first kappa shape index (κ1) is 16.7. The van der Waals surface area contributed by atoms with Gasteiger partial charge < -0.3 is 4.57 Å². The number of benzene rings is 2. The van der Waals surface area contributed by atoms with Gasteiger partial charge in [0.2, 0.25) is 0 Å². The lowest BCUT2D eigenvalue weighted by Gasteiger charge is -2.14. The van der Waals surface area contributed by atoms with E-state index in [1.807, 2.05) is 39.0 Å². The number of hydrogen-bond acceptors (Lipinski definition) is 2. The van der Waals surface area contributed by atoms with E-state index in [9.17, 15) is 9.59 Å². The topological polar surface area (TPSA) is 39.1 Å². The number of Topliss-reactive ketones (excluding diaryl/α,β-unsaturated/α-hetero) is 1. The van der Waals surface area contributed by atoms with Gasteiger partial charge in [-0.1, -0.05) is 39.7 Å². The maximum Gasteiger partial charge on any atom is 0.251 e. The number of aromatic nitrogens is 1. The summed E-state index contributed by atoms with van der Waals surface area (Å²) in [4.78, 5) is 25.1. The molecule has 0 amide bonds. The van der Waals surface area contributed by atoms with Gasteiger partial charge in [-0.15, -0.1) is 0 Å². The quantitative estimate of drug-likeness (QED) is 0.621. The van der Waals surface area contributed by atoms with Crippen molar-refractivity contribution in [1.29, 1.82) is 0 Å². The van der Waals surface area contributed by atoms with Crippen molar-refractivity contribution in [1.82, 2.24) is 4.57 Å². The van der Waals surface area contributed by atoms with Gasteiger partial charge in [0.15, 0.2) is 5.78 Å². The number of hydrogen-bond donors (Lipinski definition) is 0. The standard InChI is InChI=1S/C20H18BrNO2/c1-12-8-14(3)20-17(9-12)13(2)10-19(24)22(20)11-18(23)15-4-6-16(21)7-5-15/h4-10H,11H2,1-3H3. The predicted octanol–water partition coefficient (Wildman–Crippen LogP) is 4.57. The van der Waals surface area contributed by atoms with Crippen LogP contribution in [0.5, 0.6) is 0 Å². The van der Waals surface area contributed by atoms with Crippen molar-refractivity contribution in [2.24, 2.45) is 0 Å². The molecular weight excluding hydrogens is 366 g/mol. The van der Waals surface area contributed by atoms with Crippen molar-refractivity contribution in [3.8, 4) is 0 Å². The summed E-state index contributed by atoms with van der Waals surface area (Å²) < 4.78 is 2.50. The Morgan fingerprint density at radius 3 is 2.33 bits per heavy atom. The number of halogens is 1. The van der Waals surface area contributed by atoms with Gasteiger partial charge in [0, 0.05) is 21.5 Å². The van der Waals surface area contributed by atoms with Crippen LogP contribution in [0.25, 0.3) is 10.9 Å². The van der Waals surface area contributed by atoms with E-state index in [-0.39, 0.29) is 17.9 Å². The minimum absolute atomic E-state index is 0.0428. The molecule has 0 aliphatic carbocycles. The summed E-state index contributed by atoms with van der Waals surface area (Å²) in [5.41, 5.74) is 4.40. The number of nitrogens with zero attached hydrogens (tertiary/aromatic N) is 1. The molecule has 0 radical (unpaired) electrons. The van der Waals surface area contributed by atoms with Gasteiger partial charge in [0.25, 0.3) is 5.56 Å². The van der Waals surface area contributed by atoms with Crippen LogP contribution >= 0.6 is 15.9 Å². The third-order valence-electron chi connectivity index (χ3n) is 4.21. The molecule has 24 heavy (non-hydrogen) atoms. The zero-order valence-corrected chi connectivity index (χ0v) is 15.5. The number of rotatable bonds is 3. The van der Waals surface area contributed by atoms with Gasteiger partial charge in [0.1, 0.15) is 0 Å². The summed E-state index contributed by atoms with van der Waals surface area (Å²) in [6.07, 6.45) is 0. The monoisotopic (exact) mass is 383 g/mol. The van der Waals surface area contributed by atoms with Crippen molar-refractivity contribution >= 4 is 32.6 Å². The lowest BCUT2D eigenvalue weighted by Crippen LogP contribution is -2.25. The highest BCUT2D eigenvalue weighted by Crippen LogP contribution is 2.22. The molecule has 0 saturated heterocycles. The molecular formula is C20H18BrNO2. The van der Waals surface area contributed by atoms with Gasteiger partial charge in [-0.25, -0.2) is 0 Å². The third kappa shape index (κ3) is 3.06. The first-order chi connectivity index (χ1) is 11.4. The van der Waals surface area contributed by atoms with Crippen LogP contribution in [0.4, 0.5) is 0 Å². The molecule has 122 valence electrons. The molecule has 0 spiro atoms. The smallest absolute Gasteiger partial charge is 0.251 e. The van der Waals surface area contributed by atoms with E-state index >= 15 is 0 Å². The molecule has 2 aromatic carbocycles. The average Bonchev–Trinajstić information content (AvgIpc) is 2.51. The van der Waals surface area contributed by atoms with E-state index in [1.54, 1.807) is 22.8 Å². The zero-order chi connectivity index (χ0) is 17.4. The van der Waals surface area contributed by atoms with E-state index in [4.69, 9.17) is 0 Å². The fourth-order valence-electron chi connectivity index (χ4n) is 3.10. The van der Waals surface area contributed by atoms with Gasteiger partial charge in [-0.05, 0) is 50.1 Å². The molecule has 0 fully saturated rings. The number of fused-ring (bicyclic) bond motifs is 1. The summed E-state index contributed by atoms with van der Waals surface area (Å²) in [5, 5.41) is 1.02. The highest BCUT2D eigenvalue weighted by molar-refractivity contribution is 9.10. The maximum atomic E-state index is 12.6. The Kier molecular flexibility index (Phi) is 4.41. The van der Waals surface area contributed by atoms with Crippen LogP contribution in [0.1, 0.15) is 27.0 Å². The minimum Gasteiger partial charge on any atom is -0.300 e. The van der Waals surface area contributed by atoms with Crippen LogP contribution in [0.3, 0.4) is 0 Å². The number of carbonyl (C=O) groups is 1. The molecule has 0 aliphatic rings. The van der Waals surface area contributed by atoms with Gasteiger partial charge in [0.05, 0.1) is 12.1 Å². The van der Waals surface area contributed by atoms with Crippen LogP contribution in [0.2, 0.25) is 0 Å². The van der Waals surface area contributed by atoms with Crippen molar-refractivity contribution in [3.63, 3.8) is 0 Å². The molecule has 0 saturated carbocycles. The van der Waals surface area contributed by atoms with E-state index in [0.717, 1.165) is 32.1 Å². The van der Waals surface area contributed by atoms with Crippen molar-refractivity contribution in [2.75, 3.05) is 0 Å². The van der Waals surface area contributed by atoms with E-state index in [0.29, 0.717) is 5.56 Å². The lowest BCUT2D eigenvalue weighted by atomic mass is 10.0. The molecule has 3 rings (SSSR count). The maximum absolute atomic E-state index is 12.6. The van der Waals surface area contributed by atoms with E-state index in [2.05, 4.69) is 22.0 Å². The van der Waals surface area contributed by atoms with Crippen LogP contribution in [0.15, 0.2) is 51.7 Å². The minimum atomic E-state index is -0.141. The molecule has 0 aliphatic heterocycles. The molecule has 0 unspecified atom stereocenters. The normalized spacial score (nSPS) is 11.0. The summed E-state index contributed by atoms with van der Waals surface area (Å²) in [6, 6.07) is 12.9. The first-order valence-electron chi connectivity index (χ1n) is 7.77. The fourth-order valence-corrected chi connectivity index (χ4v) is 3.36. The highest BCUT2D eigenvalue weighted by Gasteiger charge is 2.14. The number of aryl methyl sites for hydroxylation is 3. The van der Waals surface area contributed by atoms with Crippen molar-refractivity contribution < 1.29 is 4.79 Å². The van der Waals surface area contributed by atoms with Crippen LogP contribution in [0, 0.1) is 20.8 Å². The van der Waals surface area contributed by atoms with Gasteiger partial charge >= 0.3 is 0 Å². The molecule has 3 aromatic rings. The fraction of sp³-hybridized carbons (Fsp3) is 0.200. The summed E-state index contributed by atoms with van der Waals surface area (Å²) in [5.74, 6) is -0.0743. The highest BCUT2D eigenvalue weighted by atomic mass is 79.9. The van der Waals surface area contributed by atoms with E-state index < -0.39 is 0 Å². The Hall–Kier alpha value is -2.20. The summed E-state index contributed by atoms with van der Waals surface area (Å²) in [6.45, 7) is 5.99. The zero-order valence-electron chi connectivity index (χ0n) is 13.9. The molecule has 0 atom stereocenters. The molecule has 0 N–H and O–H groups in total. The average molecular weight is 384 g/mol. The SMILES string of the molecule is Cc1cc(C)c2c(c1)c(C)cc(=O)n2CC(=O)c1ccc(Br)cc1. The lowest BCUT2D eigenvalue weighted by molar-refractivity contribution is 0.0972. The predicted molar refractivity (Wildman–Crippen MR) is 101 cm³/mol. The van der Waals surface area contributed by atoms with Crippen LogP contribution < -0.4 is 5.56 Å². The van der Waals surface area contributed by atoms with Crippen LogP contribution in [-0.2, 0) is 6.54 Å². The molecule has 0 bridgehead atoms. The number of ketones is 1. The number of pyridine rings is 1. The van der Waals surface area contributed by atoms with Crippen LogP contribution in [-0.4, -0.2) is 10.4 Å². The Balaban J connectivity index is 2.14. The molecule has 3 nitrogen and oxygen atoms in total. The van der Waals surface area contributed by atoms with Crippen molar-refractivity contribution in [2.45, 2.75) is 27.3 Å². The van der Waals surface area contributed by atoms with Gasteiger partial charge in [-0.3, -0.25) is 9.59 Å². The third-order valence-corrected chi connectivity index (χ3v) is 4.74. The molecule has 1 heterocycles. The Morgan fingerprint density at radius 2 is 1.67 bits per heavy atom. The number of carbonyl (C=O) groups excluding carboxylic acids is 1. The Labute approximate surface area is 149 Å². The van der Waals surface area contributed by atoms with Crippen molar-refractivity contribution in [3.05, 3.63) is 79.5 Å². The first-order valence-corrected chi connectivity index (χ1v) is 8.56. The second-order valence-corrected chi connectivity index (χ2v) is 7.08. The summed E-state index contributed by atoms with van der Waals surface area (Å²) in [7, 11) is 0. The molecule has 4 heteroatoms. The van der Waals surface area contributed by atoms with E-state index in [1.165, 1.54) is 0 Å². The summed E-state index contributed by atoms with van der Waals surface area (Å²) >= 11 is 3.36.